The quantitative estimate of drug-likeness (QED) is 0.809. The Morgan fingerprint density at radius 2 is 1.68 bits per heavy atom. The fourth-order valence-corrected chi connectivity index (χ4v) is 4.14. The van der Waals surface area contributed by atoms with Crippen molar-refractivity contribution < 1.29 is 9.59 Å². The molecule has 0 spiro atoms. The number of ketones is 1. The number of nitrogens with one attached hydrogen (secondary N) is 1. The maximum Gasteiger partial charge on any atom is 0.223 e. The minimum absolute atomic E-state index is 0.0762. The normalized spacial score (nSPS) is 23.2. The van der Waals surface area contributed by atoms with Gasteiger partial charge in [0.25, 0.3) is 0 Å². The molecule has 3 rings (SSSR count). The van der Waals surface area contributed by atoms with Crippen LogP contribution in [0.5, 0.6) is 0 Å². The second kappa shape index (κ2) is 8.61. The summed E-state index contributed by atoms with van der Waals surface area (Å²) in [6.45, 7) is 6.04. The summed E-state index contributed by atoms with van der Waals surface area (Å²) in [4.78, 5) is 26.8. The maximum atomic E-state index is 12.5. The largest absolute Gasteiger partial charge is 0.343 e. The summed E-state index contributed by atoms with van der Waals surface area (Å²) in [5.74, 6) is 1.67. The molecule has 0 saturated carbocycles. The number of hydrogen-bond donors (Lipinski definition) is 1. The molecule has 0 aliphatic carbocycles. The van der Waals surface area contributed by atoms with Crippen molar-refractivity contribution in [2.45, 2.75) is 45.4 Å². The van der Waals surface area contributed by atoms with Crippen LogP contribution in [0.1, 0.15) is 54.9 Å². The van der Waals surface area contributed by atoms with E-state index in [-0.39, 0.29) is 11.7 Å². The van der Waals surface area contributed by atoms with Crippen LogP contribution in [-0.4, -0.2) is 42.8 Å². The second-order valence-electron chi connectivity index (χ2n) is 7.51. The third kappa shape index (κ3) is 4.69. The Bertz CT molecular complexity index is 582. The molecule has 0 unspecified atom stereocenters. The van der Waals surface area contributed by atoms with Gasteiger partial charge in [0, 0.05) is 31.5 Å². The summed E-state index contributed by atoms with van der Waals surface area (Å²) in [5, 5.41) is 3.46. The highest BCUT2D eigenvalue weighted by molar-refractivity contribution is 5.98. The minimum atomic E-state index is 0.0762. The highest BCUT2D eigenvalue weighted by Gasteiger charge is 2.31. The fourth-order valence-electron chi connectivity index (χ4n) is 4.14. The summed E-state index contributed by atoms with van der Waals surface area (Å²) in [6, 6.07) is 7.86. The van der Waals surface area contributed by atoms with E-state index in [0.29, 0.717) is 12.8 Å². The zero-order chi connectivity index (χ0) is 17.6. The van der Waals surface area contributed by atoms with Crippen LogP contribution in [0.15, 0.2) is 24.3 Å². The number of fused-ring (bicyclic) bond motifs is 1. The number of rotatable bonds is 6. The van der Waals surface area contributed by atoms with Gasteiger partial charge >= 0.3 is 0 Å². The average Bonchev–Trinajstić information content (AvgIpc) is 2.98. The molecule has 136 valence electrons. The lowest BCUT2D eigenvalue weighted by Crippen LogP contribution is -2.32. The number of likely N-dealkylation sites (tertiary alicyclic amines) is 1. The third-order valence-electron chi connectivity index (χ3n) is 5.75. The van der Waals surface area contributed by atoms with Crippen LogP contribution >= 0.6 is 0 Å². The van der Waals surface area contributed by atoms with Gasteiger partial charge in [0.15, 0.2) is 5.78 Å². The Kier molecular flexibility index (Phi) is 6.24. The molecular weight excluding hydrogens is 312 g/mol. The molecule has 2 aliphatic rings. The lowest BCUT2D eigenvalue weighted by molar-refractivity contribution is -0.131. The summed E-state index contributed by atoms with van der Waals surface area (Å²) in [5.41, 5.74) is 1.99. The number of hydrogen-bond acceptors (Lipinski definition) is 3. The number of amides is 1. The Morgan fingerprint density at radius 3 is 2.28 bits per heavy atom. The van der Waals surface area contributed by atoms with Crippen LogP contribution in [0, 0.1) is 11.8 Å². The third-order valence-corrected chi connectivity index (χ3v) is 5.75. The highest BCUT2D eigenvalue weighted by Crippen LogP contribution is 2.27. The number of benzene rings is 1. The van der Waals surface area contributed by atoms with Crippen molar-refractivity contribution in [2.24, 2.45) is 11.8 Å². The Hall–Kier alpha value is -1.68. The van der Waals surface area contributed by atoms with Crippen LogP contribution in [0.3, 0.4) is 0 Å². The molecule has 1 aromatic carbocycles. The van der Waals surface area contributed by atoms with Gasteiger partial charge in [0.05, 0.1) is 0 Å². The van der Waals surface area contributed by atoms with Gasteiger partial charge < -0.3 is 10.2 Å². The Balaban J connectivity index is 1.47. The van der Waals surface area contributed by atoms with Gasteiger partial charge in [0.1, 0.15) is 0 Å². The van der Waals surface area contributed by atoms with E-state index in [9.17, 15) is 9.59 Å². The predicted molar refractivity (Wildman–Crippen MR) is 99.7 cm³/mol. The summed E-state index contributed by atoms with van der Waals surface area (Å²) < 4.78 is 0. The Morgan fingerprint density at radius 1 is 1.04 bits per heavy atom. The molecule has 1 amide bonds. The maximum absolute atomic E-state index is 12.5. The summed E-state index contributed by atoms with van der Waals surface area (Å²) in [7, 11) is 0. The first kappa shape index (κ1) is 18.1. The van der Waals surface area contributed by atoms with E-state index in [1.165, 1.54) is 5.56 Å². The molecule has 1 aromatic rings. The molecule has 0 radical (unpaired) electrons. The van der Waals surface area contributed by atoms with Crippen LogP contribution in [0.4, 0.5) is 0 Å². The standard InChI is InChI=1S/C21H30N2O2/c1-2-3-16-4-6-17(7-5-16)20(24)8-9-21(25)23-12-10-18-14-22-15-19(18)11-13-23/h4-7,18-19,22H,2-3,8-15H2,1H3/t18-,19+. The zero-order valence-electron chi connectivity index (χ0n) is 15.3. The molecule has 4 nitrogen and oxygen atoms in total. The predicted octanol–water partition coefficient (Wildman–Crippen LogP) is 3.06. The Labute approximate surface area is 151 Å². The highest BCUT2D eigenvalue weighted by atomic mass is 16.2. The van der Waals surface area contributed by atoms with E-state index in [1.54, 1.807) is 0 Å². The van der Waals surface area contributed by atoms with Crippen molar-refractivity contribution in [2.75, 3.05) is 26.2 Å². The molecule has 4 heteroatoms. The number of carbonyl (C=O) groups excluding carboxylic acids is 2. The first-order chi connectivity index (χ1) is 12.2. The number of carbonyl (C=O) groups is 2. The lowest BCUT2D eigenvalue weighted by atomic mass is 9.92. The zero-order valence-corrected chi connectivity index (χ0v) is 15.3. The van der Waals surface area contributed by atoms with Gasteiger partial charge in [-0.15, -0.1) is 0 Å². The van der Waals surface area contributed by atoms with Crippen LogP contribution in [0.2, 0.25) is 0 Å². The molecule has 1 N–H and O–H groups in total. The smallest absolute Gasteiger partial charge is 0.223 e. The van der Waals surface area contributed by atoms with Crippen molar-refractivity contribution in [1.82, 2.24) is 10.2 Å². The van der Waals surface area contributed by atoms with E-state index in [1.807, 2.05) is 29.2 Å². The van der Waals surface area contributed by atoms with Crippen LogP contribution < -0.4 is 5.32 Å². The van der Waals surface area contributed by atoms with Gasteiger partial charge in [-0.2, -0.15) is 0 Å². The molecule has 2 atom stereocenters. The first-order valence-corrected chi connectivity index (χ1v) is 9.78. The number of aryl methyl sites for hydroxylation is 1. The van der Waals surface area contributed by atoms with Crippen LogP contribution in [0.25, 0.3) is 0 Å². The minimum Gasteiger partial charge on any atom is -0.343 e. The molecule has 2 saturated heterocycles. The summed E-state index contributed by atoms with van der Waals surface area (Å²) in [6.07, 6.45) is 4.99. The molecule has 0 bridgehead atoms. The summed E-state index contributed by atoms with van der Waals surface area (Å²) >= 11 is 0. The topological polar surface area (TPSA) is 49.4 Å². The van der Waals surface area contributed by atoms with Gasteiger partial charge in [-0.25, -0.2) is 0 Å². The van der Waals surface area contributed by atoms with Crippen molar-refractivity contribution in [3.05, 3.63) is 35.4 Å². The van der Waals surface area contributed by atoms with E-state index in [0.717, 1.165) is 69.3 Å². The molecule has 2 aliphatic heterocycles. The van der Waals surface area contributed by atoms with E-state index in [2.05, 4.69) is 12.2 Å². The van der Waals surface area contributed by atoms with E-state index >= 15 is 0 Å². The van der Waals surface area contributed by atoms with Gasteiger partial charge in [-0.1, -0.05) is 37.6 Å². The molecule has 25 heavy (non-hydrogen) atoms. The molecule has 2 heterocycles. The van der Waals surface area contributed by atoms with Gasteiger partial charge in [0.2, 0.25) is 5.91 Å². The molecule has 0 aromatic heterocycles. The van der Waals surface area contributed by atoms with Crippen molar-refractivity contribution in [3.8, 4) is 0 Å². The van der Waals surface area contributed by atoms with E-state index in [4.69, 9.17) is 0 Å². The first-order valence-electron chi connectivity index (χ1n) is 9.78. The SMILES string of the molecule is CCCc1ccc(C(=O)CCC(=O)N2CC[C@@H]3CNC[C@@H]3CC2)cc1. The van der Waals surface area contributed by atoms with Crippen molar-refractivity contribution in [1.29, 1.82) is 0 Å². The monoisotopic (exact) mass is 342 g/mol. The molecular formula is C21H30N2O2. The van der Waals surface area contributed by atoms with Gasteiger partial charge in [-0.3, -0.25) is 9.59 Å². The van der Waals surface area contributed by atoms with Gasteiger partial charge in [-0.05, 0) is 49.8 Å². The lowest BCUT2D eigenvalue weighted by Gasteiger charge is -2.20. The van der Waals surface area contributed by atoms with Crippen LogP contribution in [-0.2, 0) is 11.2 Å². The van der Waals surface area contributed by atoms with Crippen molar-refractivity contribution in [3.63, 3.8) is 0 Å². The average molecular weight is 342 g/mol. The number of nitrogens with zero attached hydrogens (tertiary/aromatic N) is 1. The fraction of sp³-hybridized carbons (Fsp3) is 0.619. The molecule has 2 fully saturated rings. The number of Topliss-reactive ketones (excluding diaryl/α,β-unsaturated/α-hetero) is 1. The van der Waals surface area contributed by atoms with Crippen molar-refractivity contribution >= 4 is 11.7 Å². The second-order valence-corrected chi connectivity index (χ2v) is 7.51. The van der Waals surface area contributed by atoms with E-state index < -0.39 is 0 Å².